The smallest absolute Gasteiger partial charge is 0.0991 e. The van der Waals surface area contributed by atoms with Gasteiger partial charge in [-0.2, -0.15) is 5.26 Å². The molecule has 1 aromatic carbocycles. The average Bonchev–Trinajstić information content (AvgIpc) is 2.46. The van der Waals surface area contributed by atoms with E-state index < -0.39 is 6.10 Å². The summed E-state index contributed by atoms with van der Waals surface area (Å²) in [5, 5.41) is 28.2. The number of aliphatic hydroxyl groups is 2. The van der Waals surface area contributed by atoms with Gasteiger partial charge in [-0.25, -0.2) is 0 Å². The third-order valence-corrected chi connectivity index (χ3v) is 3.46. The van der Waals surface area contributed by atoms with Crippen molar-refractivity contribution in [2.24, 2.45) is 0 Å². The molecular formula is C15H20N2O3. The largest absolute Gasteiger partial charge is 0.394 e. The summed E-state index contributed by atoms with van der Waals surface area (Å²) < 4.78 is 5.57. The quantitative estimate of drug-likeness (QED) is 0.845. The maximum absolute atomic E-state index is 10.3. The fraction of sp³-hybridized carbons (Fsp3) is 0.533. The number of morpholine rings is 1. The number of benzene rings is 1. The van der Waals surface area contributed by atoms with Crippen LogP contribution in [0.25, 0.3) is 0 Å². The van der Waals surface area contributed by atoms with Crippen molar-refractivity contribution >= 4 is 0 Å². The molecule has 1 aromatic rings. The van der Waals surface area contributed by atoms with E-state index in [0.717, 1.165) is 12.1 Å². The minimum atomic E-state index is -0.604. The predicted octanol–water partition coefficient (Wildman–Crippen LogP) is 0.673. The normalized spacial score (nSPS) is 25.1. The van der Waals surface area contributed by atoms with Gasteiger partial charge in [0.2, 0.25) is 0 Å². The van der Waals surface area contributed by atoms with Gasteiger partial charge in [0, 0.05) is 19.6 Å². The zero-order valence-electron chi connectivity index (χ0n) is 11.6. The summed E-state index contributed by atoms with van der Waals surface area (Å²) in [6.45, 7) is 3.81. The number of nitrogens with zero attached hydrogens (tertiary/aromatic N) is 2. The molecular weight excluding hydrogens is 256 g/mol. The van der Waals surface area contributed by atoms with Crippen LogP contribution in [0.5, 0.6) is 0 Å². The molecule has 0 aromatic heterocycles. The van der Waals surface area contributed by atoms with Crippen molar-refractivity contribution in [2.45, 2.75) is 25.2 Å². The van der Waals surface area contributed by atoms with Crippen LogP contribution in [0.1, 0.15) is 24.2 Å². The second-order valence-electron chi connectivity index (χ2n) is 5.22. The lowest BCUT2D eigenvalue weighted by Gasteiger charge is -2.37. The van der Waals surface area contributed by atoms with Gasteiger partial charge in [0.25, 0.3) is 0 Å². The molecule has 108 valence electrons. The van der Waals surface area contributed by atoms with Crippen LogP contribution in [0.2, 0.25) is 0 Å². The van der Waals surface area contributed by atoms with E-state index in [2.05, 4.69) is 11.0 Å². The van der Waals surface area contributed by atoms with Crippen LogP contribution in [0.4, 0.5) is 0 Å². The Kier molecular flexibility index (Phi) is 5.10. The van der Waals surface area contributed by atoms with Crippen molar-refractivity contribution in [3.05, 3.63) is 35.4 Å². The molecule has 0 aliphatic carbocycles. The summed E-state index contributed by atoms with van der Waals surface area (Å²) in [6.07, 6.45) is -0.742. The Labute approximate surface area is 119 Å². The van der Waals surface area contributed by atoms with Crippen LogP contribution < -0.4 is 0 Å². The summed E-state index contributed by atoms with van der Waals surface area (Å²) in [5.41, 5.74) is 1.38. The highest BCUT2D eigenvalue weighted by atomic mass is 16.5. The van der Waals surface area contributed by atoms with E-state index >= 15 is 0 Å². The van der Waals surface area contributed by atoms with Crippen molar-refractivity contribution in [3.8, 4) is 6.07 Å². The number of hydrogen-bond donors (Lipinski definition) is 2. The molecule has 0 bridgehead atoms. The van der Waals surface area contributed by atoms with Gasteiger partial charge in [-0.15, -0.1) is 0 Å². The second-order valence-corrected chi connectivity index (χ2v) is 5.22. The van der Waals surface area contributed by atoms with Crippen molar-refractivity contribution < 1.29 is 14.9 Å². The first-order valence-electron chi connectivity index (χ1n) is 6.79. The van der Waals surface area contributed by atoms with Crippen LogP contribution in [0.3, 0.4) is 0 Å². The van der Waals surface area contributed by atoms with Crippen molar-refractivity contribution in [2.75, 3.05) is 26.2 Å². The molecule has 1 heterocycles. The Morgan fingerprint density at radius 1 is 1.40 bits per heavy atom. The Balaban J connectivity index is 1.96. The minimum absolute atomic E-state index is 0.00615. The fourth-order valence-corrected chi connectivity index (χ4v) is 2.52. The Hall–Kier alpha value is -1.45. The third kappa shape index (κ3) is 3.78. The number of rotatable bonds is 4. The van der Waals surface area contributed by atoms with E-state index in [0.29, 0.717) is 18.7 Å². The van der Waals surface area contributed by atoms with Crippen molar-refractivity contribution in [1.29, 1.82) is 5.26 Å². The number of hydrogen-bond acceptors (Lipinski definition) is 5. The van der Waals surface area contributed by atoms with E-state index in [4.69, 9.17) is 10.00 Å². The molecule has 1 aliphatic rings. The maximum Gasteiger partial charge on any atom is 0.0991 e. The SMILES string of the molecule is CC1CN(CC(O)c2ccc(C#N)cc2)CC(CO)O1. The first-order chi connectivity index (χ1) is 9.62. The molecule has 5 nitrogen and oxygen atoms in total. The van der Waals surface area contributed by atoms with Gasteiger partial charge in [-0.3, -0.25) is 4.90 Å². The first-order valence-corrected chi connectivity index (χ1v) is 6.79. The summed E-state index contributed by atoms with van der Waals surface area (Å²) in [5.74, 6) is 0. The van der Waals surface area contributed by atoms with E-state index in [1.165, 1.54) is 0 Å². The molecule has 1 fully saturated rings. The first kappa shape index (κ1) is 14.9. The summed E-state index contributed by atoms with van der Waals surface area (Å²) in [4.78, 5) is 2.10. The molecule has 0 radical (unpaired) electrons. The van der Waals surface area contributed by atoms with Crippen molar-refractivity contribution in [1.82, 2.24) is 4.90 Å². The standard InChI is InChI=1S/C15H20N2O3/c1-11-7-17(8-14(10-18)20-11)9-15(19)13-4-2-12(6-16)3-5-13/h2-5,11,14-15,18-19H,7-10H2,1H3. The fourth-order valence-electron chi connectivity index (χ4n) is 2.52. The lowest BCUT2D eigenvalue weighted by atomic mass is 10.1. The summed E-state index contributed by atoms with van der Waals surface area (Å²) in [7, 11) is 0. The van der Waals surface area contributed by atoms with E-state index in [-0.39, 0.29) is 18.8 Å². The Bertz CT molecular complexity index is 469. The highest BCUT2D eigenvalue weighted by Crippen LogP contribution is 2.18. The van der Waals surface area contributed by atoms with Gasteiger partial charge in [-0.05, 0) is 24.6 Å². The van der Waals surface area contributed by atoms with Gasteiger partial charge < -0.3 is 14.9 Å². The molecule has 2 rings (SSSR count). The Morgan fingerprint density at radius 2 is 2.10 bits per heavy atom. The summed E-state index contributed by atoms with van der Waals surface area (Å²) >= 11 is 0. The molecule has 1 aliphatic heterocycles. The highest BCUT2D eigenvalue weighted by Gasteiger charge is 2.26. The third-order valence-electron chi connectivity index (χ3n) is 3.46. The number of aliphatic hydroxyl groups excluding tert-OH is 2. The zero-order valence-corrected chi connectivity index (χ0v) is 11.6. The molecule has 0 amide bonds. The van der Waals surface area contributed by atoms with Crippen LogP contribution in [-0.2, 0) is 4.74 Å². The van der Waals surface area contributed by atoms with Gasteiger partial charge in [0.05, 0.1) is 36.6 Å². The molecule has 0 saturated carbocycles. The van der Waals surface area contributed by atoms with Gasteiger partial charge in [0.1, 0.15) is 0 Å². The molecule has 0 spiro atoms. The van der Waals surface area contributed by atoms with Crippen LogP contribution in [0, 0.1) is 11.3 Å². The van der Waals surface area contributed by atoms with Gasteiger partial charge in [-0.1, -0.05) is 12.1 Å². The van der Waals surface area contributed by atoms with Crippen LogP contribution in [-0.4, -0.2) is 53.6 Å². The number of β-amino-alcohol motifs (C(OH)–C–C–N with tert-alkyl or cyclic N) is 1. The summed E-state index contributed by atoms with van der Waals surface area (Å²) in [6, 6.07) is 9.02. The number of nitriles is 1. The lowest BCUT2D eigenvalue weighted by Crippen LogP contribution is -2.49. The van der Waals surface area contributed by atoms with Gasteiger partial charge in [0.15, 0.2) is 0 Å². The molecule has 5 heteroatoms. The number of ether oxygens (including phenoxy) is 1. The molecule has 20 heavy (non-hydrogen) atoms. The van der Waals surface area contributed by atoms with Crippen LogP contribution >= 0.6 is 0 Å². The van der Waals surface area contributed by atoms with E-state index in [1.807, 2.05) is 6.92 Å². The monoisotopic (exact) mass is 276 g/mol. The molecule has 3 atom stereocenters. The molecule has 2 N–H and O–H groups in total. The topological polar surface area (TPSA) is 76.7 Å². The minimum Gasteiger partial charge on any atom is -0.394 e. The lowest BCUT2D eigenvalue weighted by molar-refractivity contribution is -0.102. The molecule has 1 saturated heterocycles. The van der Waals surface area contributed by atoms with E-state index in [1.54, 1.807) is 24.3 Å². The van der Waals surface area contributed by atoms with Crippen molar-refractivity contribution in [3.63, 3.8) is 0 Å². The average molecular weight is 276 g/mol. The zero-order chi connectivity index (χ0) is 14.5. The highest BCUT2D eigenvalue weighted by molar-refractivity contribution is 5.32. The van der Waals surface area contributed by atoms with E-state index in [9.17, 15) is 10.2 Å². The predicted molar refractivity (Wildman–Crippen MR) is 74.0 cm³/mol. The second kappa shape index (κ2) is 6.82. The maximum atomic E-state index is 10.3. The molecule has 3 unspecified atom stereocenters. The van der Waals surface area contributed by atoms with Crippen LogP contribution in [0.15, 0.2) is 24.3 Å². The van der Waals surface area contributed by atoms with Gasteiger partial charge >= 0.3 is 0 Å². The Morgan fingerprint density at radius 3 is 2.70 bits per heavy atom.